The van der Waals surface area contributed by atoms with Gasteiger partial charge >= 0.3 is 0 Å². The third kappa shape index (κ3) is 3.83. The zero-order chi connectivity index (χ0) is 16.9. The summed E-state index contributed by atoms with van der Waals surface area (Å²) in [5, 5.41) is 11.2. The molecule has 8 heteroatoms. The number of thioether (sulfide) groups is 1. The van der Waals surface area contributed by atoms with Gasteiger partial charge in [0.05, 0.1) is 18.4 Å². The highest BCUT2D eigenvalue weighted by Gasteiger charge is 2.09. The number of aromatic amines is 1. The highest BCUT2D eigenvalue weighted by Crippen LogP contribution is 2.21. The van der Waals surface area contributed by atoms with E-state index in [0.717, 1.165) is 22.3 Å². The Morgan fingerprint density at radius 3 is 2.92 bits per heavy atom. The summed E-state index contributed by atoms with van der Waals surface area (Å²) in [6, 6.07) is 9.61. The molecule has 124 valence electrons. The molecule has 3 aromatic rings. The Bertz CT molecular complexity index is 865. The van der Waals surface area contributed by atoms with Crippen molar-refractivity contribution in [2.75, 3.05) is 12.9 Å². The maximum absolute atomic E-state index is 12.0. The summed E-state index contributed by atoms with van der Waals surface area (Å²) in [4.78, 5) is 20.6. The molecule has 24 heavy (non-hydrogen) atoms. The van der Waals surface area contributed by atoms with E-state index in [1.165, 1.54) is 11.8 Å². The summed E-state index contributed by atoms with van der Waals surface area (Å²) in [6.07, 6.45) is 0. The molecule has 0 aliphatic rings. The van der Waals surface area contributed by atoms with Crippen molar-refractivity contribution in [3.8, 4) is 5.88 Å². The van der Waals surface area contributed by atoms with Crippen LogP contribution in [0.25, 0.3) is 10.9 Å². The number of rotatable bonds is 6. The van der Waals surface area contributed by atoms with Gasteiger partial charge in [0.15, 0.2) is 0 Å². The molecule has 0 bridgehead atoms. The van der Waals surface area contributed by atoms with Gasteiger partial charge in [0, 0.05) is 18.0 Å². The van der Waals surface area contributed by atoms with Gasteiger partial charge in [-0.2, -0.15) is 0 Å². The predicted octanol–water partition coefficient (Wildman–Crippen LogP) is 2.08. The molecule has 0 aliphatic heterocycles. The van der Waals surface area contributed by atoms with Gasteiger partial charge in [-0.1, -0.05) is 30.0 Å². The average Bonchev–Trinajstić information content (AvgIpc) is 3.03. The Hall–Kier alpha value is -2.61. The third-order valence-corrected chi connectivity index (χ3v) is 4.22. The second kappa shape index (κ2) is 7.31. The molecule has 0 atom stereocenters. The Kier molecular flexibility index (Phi) is 4.95. The molecule has 0 saturated heterocycles. The number of pyridine rings is 1. The van der Waals surface area contributed by atoms with Crippen LogP contribution in [0.4, 0.5) is 0 Å². The number of benzene rings is 1. The lowest BCUT2D eigenvalue weighted by molar-refractivity contribution is -0.118. The van der Waals surface area contributed by atoms with Crippen molar-refractivity contribution in [1.29, 1.82) is 0 Å². The van der Waals surface area contributed by atoms with Gasteiger partial charge in [-0.05, 0) is 18.6 Å². The average molecular weight is 343 g/mol. The molecule has 0 radical (unpaired) electrons. The second-order valence-corrected chi connectivity index (χ2v) is 6.05. The lowest BCUT2D eigenvalue weighted by Crippen LogP contribution is -2.24. The summed E-state index contributed by atoms with van der Waals surface area (Å²) >= 11 is 1.29. The molecule has 0 unspecified atom stereocenters. The number of H-pyrrole nitrogens is 1. The highest BCUT2D eigenvalue weighted by atomic mass is 32.2. The molecule has 1 aromatic carbocycles. The SMILES string of the molecule is COc1cc(CNC(=O)CSc2n[nH]c(C)n2)c2ccccc2n1. The summed E-state index contributed by atoms with van der Waals surface area (Å²) < 4.78 is 5.23. The van der Waals surface area contributed by atoms with E-state index in [1.807, 2.05) is 37.3 Å². The number of nitrogens with one attached hydrogen (secondary N) is 2. The Morgan fingerprint density at radius 1 is 1.33 bits per heavy atom. The second-order valence-electron chi connectivity index (χ2n) is 5.11. The van der Waals surface area contributed by atoms with Crippen LogP contribution in [0.3, 0.4) is 0 Å². The summed E-state index contributed by atoms with van der Waals surface area (Å²) in [6.45, 7) is 2.23. The number of hydrogen-bond acceptors (Lipinski definition) is 6. The molecule has 2 aromatic heterocycles. The Morgan fingerprint density at radius 2 is 2.17 bits per heavy atom. The molecule has 3 rings (SSSR count). The number of amides is 1. The molecule has 0 saturated carbocycles. The summed E-state index contributed by atoms with van der Waals surface area (Å²) in [5.74, 6) is 1.44. The fourth-order valence-electron chi connectivity index (χ4n) is 2.23. The molecular formula is C16H17N5O2S. The summed E-state index contributed by atoms with van der Waals surface area (Å²) in [7, 11) is 1.58. The van der Waals surface area contributed by atoms with Gasteiger partial charge in [-0.3, -0.25) is 9.89 Å². The largest absolute Gasteiger partial charge is 0.481 e. The van der Waals surface area contributed by atoms with Crippen molar-refractivity contribution < 1.29 is 9.53 Å². The van der Waals surface area contributed by atoms with Crippen molar-refractivity contribution in [3.05, 3.63) is 41.7 Å². The minimum atomic E-state index is -0.0812. The van der Waals surface area contributed by atoms with Crippen LogP contribution >= 0.6 is 11.8 Å². The number of fused-ring (bicyclic) bond motifs is 1. The number of aromatic nitrogens is 4. The van der Waals surface area contributed by atoms with Crippen molar-refractivity contribution in [1.82, 2.24) is 25.5 Å². The first kappa shape index (κ1) is 16.3. The number of ether oxygens (including phenoxy) is 1. The normalized spacial score (nSPS) is 10.8. The number of nitrogens with zero attached hydrogens (tertiary/aromatic N) is 3. The quantitative estimate of drug-likeness (QED) is 0.666. The number of methoxy groups -OCH3 is 1. The molecule has 2 N–H and O–H groups in total. The van der Waals surface area contributed by atoms with E-state index in [1.54, 1.807) is 7.11 Å². The Labute approximate surface area is 143 Å². The summed E-state index contributed by atoms with van der Waals surface area (Å²) in [5.41, 5.74) is 1.80. The highest BCUT2D eigenvalue weighted by molar-refractivity contribution is 7.99. The number of carbonyl (C=O) groups is 1. The topological polar surface area (TPSA) is 92.8 Å². The van der Waals surface area contributed by atoms with Gasteiger partial charge in [0.1, 0.15) is 5.82 Å². The van der Waals surface area contributed by atoms with E-state index in [4.69, 9.17) is 4.74 Å². The maximum atomic E-state index is 12.0. The molecule has 0 fully saturated rings. The van der Waals surface area contributed by atoms with E-state index in [2.05, 4.69) is 25.5 Å². The molecule has 0 aliphatic carbocycles. The molecule has 0 spiro atoms. The zero-order valence-corrected chi connectivity index (χ0v) is 14.2. The van der Waals surface area contributed by atoms with Crippen molar-refractivity contribution in [3.63, 3.8) is 0 Å². The van der Waals surface area contributed by atoms with E-state index in [9.17, 15) is 4.79 Å². The van der Waals surface area contributed by atoms with Crippen LogP contribution in [0, 0.1) is 6.92 Å². The van der Waals surface area contributed by atoms with Crippen LogP contribution in [0.2, 0.25) is 0 Å². The predicted molar refractivity (Wildman–Crippen MR) is 92.0 cm³/mol. The van der Waals surface area contributed by atoms with Crippen LogP contribution in [0.15, 0.2) is 35.5 Å². The van der Waals surface area contributed by atoms with Gasteiger partial charge in [-0.25, -0.2) is 9.97 Å². The standard InChI is InChI=1S/C16H17N5O2S/c1-10-18-16(21-20-10)24-9-14(22)17-8-11-7-15(23-2)19-13-6-4-3-5-12(11)13/h3-7H,8-9H2,1-2H3,(H,17,22)(H,18,20,21). The van der Waals surface area contributed by atoms with Crippen LogP contribution in [-0.2, 0) is 11.3 Å². The minimum absolute atomic E-state index is 0.0812. The van der Waals surface area contributed by atoms with Crippen LogP contribution in [-0.4, -0.2) is 38.9 Å². The first-order valence-corrected chi connectivity index (χ1v) is 8.35. The van der Waals surface area contributed by atoms with Gasteiger partial charge in [0.2, 0.25) is 16.9 Å². The lowest BCUT2D eigenvalue weighted by Gasteiger charge is -2.10. The van der Waals surface area contributed by atoms with Crippen molar-refractivity contribution >= 4 is 28.6 Å². The number of carbonyl (C=O) groups excluding carboxylic acids is 1. The van der Waals surface area contributed by atoms with Crippen molar-refractivity contribution in [2.45, 2.75) is 18.6 Å². The number of aryl methyl sites for hydroxylation is 1. The van der Waals surface area contributed by atoms with E-state index in [0.29, 0.717) is 17.6 Å². The van der Waals surface area contributed by atoms with Crippen LogP contribution < -0.4 is 10.1 Å². The molecule has 2 heterocycles. The number of hydrogen-bond donors (Lipinski definition) is 2. The first-order chi connectivity index (χ1) is 11.7. The first-order valence-electron chi connectivity index (χ1n) is 7.37. The van der Waals surface area contributed by atoms with Gasteiger partial charge < -0.3 is 10.1 Å². The van der Waals surface area contributed by atoms with Crippen LogP contribution in [0.1, 0.15) is 11.4 Å². The monoisotopic (exact) mass is 343 g/mol. The fraction of sp³-hybridized carbons (Fsp3) is 0.250. The molecule has 7 nitrogen and oxygen atoms in total. The lowest BCUT2D eigenvalue weighted by atomic mass is 10.1. The smallest absolute Gasteiger partial charge is 0.230 e. The number of para-hydroxylation sites is 1. The van der Waals surface area contributed by atoms with E-state index in [-0.39, 0.29) is 11.7 Å². The molecule has 1 amide bonds. The fourth-order valence-corrected chi connectivity index (χ4v) is 2.91. The van der Waals surface area contributed by atoms with E-state index < -0.39 is 0 Å². The zero-order valence-electron chi connectivity index (χ0n) is 13.4. The maximum Gasteiger partial charge on any atom is 0.230 e. The Balaban J connectivity index is 1.65. The van der Waals surface area contributed by atoms with Gasteiger partial charge in [-0.15, -0.1) is 5.10 Å². The van der Waals surface area contributed by atoms with E-state index >= 15 is 0 Å². The molecular weight excluding hydrogens is 326 g/mol. The minimum Gasteiger partial charge on any atom is -0.481 e. The third-order valence-electron chi connectivity index (χ3n) is 3.37. The van der Waals surface area contributed by atoms with Crippen molar-refractivity contribution in [2.24, 2.45) is 0 Å². The van der Waals surface area contributed by atoms with Gasteiger partial charge in [0.25, 0.3) is 0 Å². The van der Waals surface area contributed by atoms with Crippen LogP contribution in [0.5, 0.6) is 5.88 Å².